The van der Waals surface area contributed by atoms with Gasteiger partial charge >= 0.3 is 0 Å². The fourth-order valence-corrected chi connectivity index (χ4v) is 2.71. The molecule has 1 fully saturated rings. The van der Waals surface area contributed by atoms with E-state index in [1.54, 1.807) is 0 Å². The third-order valence-corrected chi connectivity index (χ3v) is 4.00. The van der Waals surface area contributed by atoms with Crippen molar-refractivity contribution in [3.05, 3.63) is 18.2 Å². The fourth-order valence-electron chi connectivity index (χ4n) is 2.71. The minimum atomic E-state index is 0.616. The summed E-state index contributed by atoms with van der Waals surface area (Å²) in [5.74, 6) is 0.883. The van der Waals surface area contributed by atoms with Crippen LogP contribution < -0.4 is 15.4 Å². The van der Waals surface area contributed by atoms with Gasteiger partial charge in [0.05, 0.1) is 6.61 Å². The van der Waals surface area contributed by atoms with Crippen molar-refractivity contribution in [2.45, 2.75) is 32.7 Å². The van der Waals surface area contributed by atoms with E-state index in [4.69, 9.17) is 10.5 Å². The molecule has 0 saturated carbocycles. The number of nitrogens with zero attached hydrogens (tertiary/aromatic N) is 2. The molecule has 2 rings (SSSR count). The first-order chi connectivity index (χ1) is 9.63. The fraction of sp³-hybridized carbons (Fsp3) is 0.625. The molecule has 1 aromatic rings. The molecule has 0 amide bonds. The minimum Gasteiger partial charge on any atom is -0.493 e. The topological polar surface area (TPSA) is 41.7 Å². The van der Waals surface area contributed by atoms with Crippen molar-refractivity contribution >= 4 is 11.4 Å². The zero-order valence-corrected chi connectivity index (χ0v) is 12.9. The van der Waals surface area contributed by atoms with Crippen LogP contribution in [-0.4, -0.2) is 44.2 Å². The monoisotopic (exact) mass is 277 g/mol. The van der Waals surface area contributed by atoms with E-state index in [1.807, 2.05) is 6.07 Å². The van der Waals surface area contributed by atoms with Gasteiger partial charge in [-0.25, -0.2) is 0 Å². The maximum atomic E-state index is 6.02. The van der Waals surface area contributed by atoms with Crippen molar-refractivity contribution in [3.8, 4) is 5.75 Å². The zero-order valence-electron chi connectivity index (χ0n) is 12.9. The Balaban J connectivity index is 2.13. The molecule has 1 aromatic carbocycles. The summed E-state index contributed by atoms with van der Waals surface area (Å²) in [6.45, 7) is 8.30. The Morgan fingerprint density at radius 1 is 1.25 bits per heavy atom. The maximum Gasteiger partial charge on any atom is 0.123 e. The van der Waals surface area contributed by atoms with Gasteiger partial charge in [-0.05, 0) is 26.0 Å². The molecular formula is C16H27N3O. The number of hydrogen-bond donors (Lipinski definition) is 1. The molecule has 0 aliphatic carbocycles. The van der Waals surface area contributed by atoms with Crippen molar-refractivity contribution < 1.29 is 4.74 Å². The minimum absolute atomic E-state index is 0.616. The van der Waals surface area contributed by atoms with Crippen LogP contribution in [0.2, 0.25) is 0 Å². The summed E-state index contributed by atoms with van der Waals surface area (Å²) in [6, 6.07) is 6.69. The highest BCUT2D eigenvalue weighted by Gasteiger charge is 2.23. The SMILES string of the molecule is CCCOc1cc(N)cc(N2CCN(C)C(CC)C2)c1. The molecular weight excluding hydrogens is 250 g/mol. The molecule has 1 aliphatic heterocycles. The van der Waals surface area contributed by atoms with E-state index in [0.29, 0.717) is 6.04 Å². The van der Waals surface area contributed by atoms with E-state index in [9.17, 15) is 0 Å². The van der Waals surface area contributed by atoms with Gasteiger partial charge in [-0.15, -0.1) is 0 Å². The van der Waals surface area contributed by atoms with Crippen LogP contribution in [-0.2, 0) is 0 Å². The number of anilines is 2. The first-order valence-electron chi connectivity index (χ1n) is 7.62. The van der Waals surface area contributed by atoms with Gasteiger partial charge in [0.1, 0.15) is 5.75 Å². The summed E-state index contributed by atoms with van der Waals surface area (Å²) in [7, 11) is 2.21. The van der Waals surface area contributed by atoms with Crippen LogP contribution in [0.1, 0.15) is 26.7 Å². The molecule has 1 aliphatic rings. The Hall–Kier alpha value is -1.42. The maximum absolute atomic E-state index is 6.02. The van der Waals surface area contributed by atoms with Gasteiger partial charge in [-0.2, -0.15) is 0 Å². The summed E-state index contributed by atoms with van der Waals surface area (Å²) in [4.78, 5) is 4.86. The number of piperazine rings is 1. The number of nitrogen functional groups attached to an aromatic ring is 1. The number of hydrogen-bond acceptors (Lipinski definition) is 4. The second-order valence-electron chi connectivity index (χ2n) is 5.60. The first-order valence-corrected chi connectivity index (χ1v) is 7.62. The van der Waals surface area contributed by atoms with Gasteiger partial charge in [-0.1, -0.05) is 13.8 Å². The Labute approximate surface area is 122 Å². The molecule has 0 radical (unpaired) electrons. The Morgan fingerprint density at radius 3 is 2.75 bits per heavy atom. The van der Waals surface area contributed by atoms with Gasteiger partial charge in [0.15, 0.2) is 0 Å². The number of likely N-dealkylation sites (N-methyl/N-ethyl adjacent to an activating group) is 1. The molecule has 0 aromatic heterocycles. The Bertz CT molecular complexity index is 436. The van der Waals surface area contributed by atoms with E-state index in [-0.39, 0.29) is 0 Å². The van der Waals surface area contributed by atoms with Crippen LogP contribution in [0.4, 0.5) is 11.4 Å². The van der Waals surface area contributed by atoms with Crippen molar-refractivity contribution in [1.82, 2.24) is 4.90 Å². The lowest BCUT2D eigenvalue weighted by Gasteiger charge is -2.40. The molecule has 4 heteroatoms. The molecule has 1 unspecified atom stereocenters. The van der Waals surface area contributed by atoms with Crippen LogP contribution in [0.3, 0.4) is 0 Å². The Morgan fingerprint density at radius 2 is 2.05 bits per heavy atom. The van der Waals surface area contributed by atoms with E-state index < -0.39 is 0 Å². The number of nitrogens with two attached hydrogens (primary N) is 1. The van der Waals surface area contributed by atoms with Crippen molar-refractivity contribution in [1.29, 1.82) is 0 Å². The smallest absolute Gasteiger partial charge is 0.123 e. The van der Waals surface area contributed by atoms with Gasteiger partial charge in [0.2, 0.25) is 0 Å². The highest BCUT2D eigenvalue weighted by molar-refractivity contribution is 5.61. The van der Waals surface area contributed by atoms with E-state index in [0.717, 1.165) is 44.1 Å². The molecule has 2 N–H and O–H groups in total. The molecule has 20 heavy (non-hydrogen) atoms. The summed E-state index contributed by atoms with van der Waals surface area (Å²) >= 11 is 0. The standard InChI is InChI=1S/C16H27N3O/c1-4-8-20-16-10-13(17)9-15(11-16)19-7-6-18(3)14(5-2)12-19/h9-11,14H,4-8,12,17H2,1-3H3. The molecule has 1 heterocycles. The Kier molecular flexibility index (Phi) is 5.12. The number of rotatable bonds is 5. The third kappa shape index (κ3) is 3.57. The second kappa shape index (κ2) is 6.84. The van der Waals surface area contributed by atoms with Crippen LogP contribution in [0.15, 0.2) is 18.2 Å². The van der Waals surface area contributed by atoms with Crippen LogP contribution in [0.5, 0.6) is 5.75 Å². The largest absolute Gasteiger partial charge is 0.493 e. The second-order valence-corrected chi connectivity index (χ2v) is 5.60. The molecule has 4 nitrogen and oxygen atoms in total. The van der Waals surface area contributed by atoms with Gasteiger partial charge < -0.3 is 15.4 Å². The summed E-state index contributed by atoms with van der Waals surface area (Å²) in [5.41, 5.74) is 7.98. The van der Waals surface area contributed by atoms with Crippen LogP contribution >= 0.6 is 0 Å². The molecule has 0 spiro atoms. The zero-order chi connectivity index (χ0) is 14.5. The van der Waals surface area contributed by atoms with Crippen LogP contribution in [0, 0.1) is 0 Å². The van der Waals surface area contributed by atoms with Crippen molar-refractivity contribution in [2.24, 2.45) is 0 Å². The highest BCUT2D eigenvalue weighted by Crippen LogP contribution is 2.27. The third-order valence-electron chi connectivity index (χ3n) is 4.00. The van der Waals surface area contributed by atoms with Gasteiger partial charge in [-0.3, -0.25) is 4.90 Å². The van der Waals surface area contributed by atoms with Crippen LogP contribution in [0.25, 0.3) is 0 Å². The first kappa shape index (κ1) is 15.0. The number of benzene rings is 1. The lowest BCUT2D eigenvalue weighted by molar-refractivity contribution is 0.213. The lowest BCUT2D eigenvalue weighted by Crippen LogP contribution is -2.51. The quantitative estimate of drug-likeness (QED) is 0.840. The highest BCUT2D eigenvalue weighted by atomic mass is 16.5. The molecule has 0 bridgehead atoms. The summed E-state index contributed by atoms with van der Waals surface area (Å²) in [5, 5.41) is 0. The normalized spacial score (nSPS) is 20.1. The molecule has 112 valence electrons. The van der Waals surface area contributed by atoms with E-state index >= 15 is 0 Å². The van der Waals surface area contributed by atoms with E-state index in [1.165, 1.54) is 12.1 Å². The van der Waals surface area contributed by atoms with Crippen molar-refractivity contribution in [3.63, 3.8) is 0 Å². The predicted octanol–water partition coefficient (Wildman–Crippen LogP) is 2.59. The van der Waals surface area contributed by atoms with Gasteiger partial charge in [0.25, 0.3) is 0 Å². The molecule has 1 atom stereocenters. The van der Waals surface area contributed by atoms with Crippen molar-refractivity contribution in [2.75, 3.05) is 43.9 Å². The summed E-state index contributed by atoms with van der Waals surface area (Å²) < 4.78 is 5.72. The average Bonchev–Trinajstić information content (AvgIpc) is 2.45. The lowest BCUT2D eigenvalue weighted by atomic mass is 10.1. The van der Waals surface area contributed by atoms with Gasteiger partial charge in [0, 0.05) is 49.2 Å². The van der Waals surface area contributed by atoms with E-state index in [2.05, 4.69) is 42.8 Å². The predicted molar refractivity (Wildman–Crippen MR) is 85.6 cm³/mol. The molecule has 1 saturated heterocycles. The summed E-state index contributed by atoms with van der Waals surface area (Å²) in [6.07, 6.45) is 2.19. The average molecular weight is 277 g/mol. The number of ether oxygens (including phenoxy) is 1.